The van der Waals surface area contributed by atoms with Crippen LogP contribution in [-0.4, -0.2) is 10.9 Å². The van der Waals surface area contributed by atoms with Gasteiger partial charge in [0.25, 0.3) is 5.56 Å². The Morgan fingerprint density at radius 2 is 1.91 bits per heavy atom. The highest BCUT2D eigenvalue weighted by Crippen LogP contribution is 2.18. The van der Waals surface area contributed by atoms with E-state index in [0.717, 1.165) is 16.8 Å². The molecule has 0 saturated heterocycles. The van der Waals surface area contributed by atoms with E-state index in [0.29, 0.717) is 12.0 Å². The third-order valence-electron chi connectivity index (χ3n) is 3.82. The molecular formula is C18H22N2O2. The standard InChI is InChI=1S/C18H22N2O2/c1-12(15-7-5-4-6-8-15)10-17(21)19-11-16-13(2)9-14(3)20-18(16)22/h4-9,12H,10-11H2,1-3H3,(H,19,21)(H,20,22)/t12-/m1/s1. The minimum Gasteiger partial charge on any atom is -0.352 e. The fourth-order valence-corrected chi connectivity index (χ4v) is 2.54. The zero-order valence-corrected chi connectivity index (χ0v) is 13.3. The van der Waals surface area contributed by atoms with Crippen molar-refractivity contribution in [1.82, 2.24) is 10.3 Å². The Morgan fingerprint density at radius 1 is 1.23 bits per heavy atom. The van der Waals surface area contributed by atoms with E-state index in [1.165, 1.54) is 0 Å². The number of benzene rings is 1. The minimum absolute atomic E-state index is 0.0456. The number of pyridine rings is 1. The van der Waals surface area contributed by atoms with Gasteiger partial charge < -0.3 is 10.3 Å². The highest BCUT2D eigenvalue weighted by Gasteiger charge is 2.12. The van der Waals surface area contributed by atoms with Crippen molar-refractivity contribution in [2.75, 3.05) is 0 Å². The predicted octanol–water partition coefficient (Wildman–Crippen LogP) is 2.80. The number of H-pyrrole nitrogens is 1. The van der Waals surface area contributed by atoms with Crippen molar-refractivity contribution in [3.63, 3.8) is 0 Å². The van der Waals surface area contributed by atoms with E-state index < -0.39 is 0 Å². The molecule has 0 radical (unpaired) electrons. The second-order valence-electron chi connectivity index (χ2n) is 5.74. The summed E-state index contributed by atoms with van der Waals surface area (Å²) < 4.78 is 0. The SMILES string of the molecule is Cc1cc(C)c(CNC(=O)C[C@@H](C)c2ccccc2)c(=O)[nH]1. The fourth-order valence-electron chi connectivity index (χ4n) is 2.54. The summed E-state index contributed by atoms with van der Waals surface area (Å²) in [7, 11) is 0. The molecule has 2 aromatic rings. The van der Waals surface area contributed by atoms with Crippen LogP contribution < -0.4 is 10.9 Å². The molecule has 1 aromatic heterocycles. The average Bonchev–Trinajstić information content (AvgIpc) is 2.47. The Bertz CT molecular complexity index is 705. The number of carbonyl (C=O) groups is 1. The molecule has 116 valence electrons. The molecule has 0 saturated carbocycles. The maximum atomic E-state index is 12.1. The van der Waals surface area contributed by atoms with Gasteiger partial charge in [-0.25, -0.2) is 0 Å². The summed E-state index contributed by atoms with van der Waals surface area (Å²) in [6, 6.07) is 11.9. The smallest absolute Gasteiger partial charge is 0.253 e. The van der Waals surface area contributed by atoms with Crippen molar-refractivity contribution in [2.24, 2.45) is 0 Å². The molecule has 0 bridgehead atoms. The number of aryl methyl sites for hydroxylation is 2. The first kappa shape index (κ1) is 16.0. The lowest BCUT2D eigenvalue weighted by atomic mass is 9.97. The average molecular weight is 298 g/mol. The number of aromatic amines is 1. The van der Waals surface area contributed by atoms with Crippen LogP contribution in [0, 0.1) is 13.8 Å². The first-order valence-electron chi connectivity index (χ1n) is 7.48. The van der Waals surface area contributed by atoms with Crippen LogP contribution in [-0.2, 0) is 11.3 Å². The monoisotopic (exact) mass is 298 g/mol. The lowest BCUT2D eigenvalue weighted by Crippen LogP contribution is -2.28. The summed E-state index contributed by atoms with van der Waals surface area (Å²) in [5, 5.41) is 2.84. The number of hydrogen-bond donors (Lipinski definition) is 2. The number of nitrogens with one attached hydrogen (secondary N) is 2. The molecule has 2 N–H and O–H groups in total. The van der Waals surface area contributed by atoms with Crippen LogP contribution in [0.25, 0.3) is 0 Å². The topological polar surface area (TPSA) is 62.0 Å². The van der Waals surface area contributed by atoms with E-state index in [-0.39, 0.29) is 23.9 Å². The van der Waals surface area contributed by atoms with Gasteiger partial charge in [0.15, 0.2) is 0 Å². The molecule has 1 aromatic carbocycles. The molecular weight excluding hydrogens is 276 g/mol. The molecule has 4 heteroatoms. The van der Waals surface area contributed by atoms with Crippen LogP contribution in [0.1, 0.15) is 41.6 Å². The molecule has 1 atom stereocenters. The van der Waals surface area contributed by atoms with E-state index in [4.69, 9.17) is 0 Å². The van der Waals surface area contributed by atoms with Crippen molar-refractivity contribution in [2.45, 2.75) is 39.7 Å². The Balaban J connectivity index is 1.95. The lowest BCUT2D eigenvalue weighted by Gasteiger charge is -2.12. The third kappa shape index (κ3) is 4.07. The molecule has 0 fully saturated rings. The molecule has 22 heavy (non-hydrogen) atoms. The van der Waals surface area contributed by atoms with Crippen LogP contribution in [0.2, 0.25) is 0 Å². The van der Waals surface area contributed by atoms with Gasteiger partial charge in [0.05, 0.1) is 0 Å². The van der Waals surface area contributed by atoms with Crippen LogP contribution in [0.3, 0.4) is 0 Å². The van der Waals surface area contributed by atoms with Gasteiger partial charge in [0.2, 0.25) is 5.91 Å². The molecule has 1 heterocycles. The molecule has 0 spiro atoms. The van der Waals surface area contributed by atoms with E-state index in [9.17, 15) is 9.59 Å². The molecule has 0 aliphatic rings. The molecule has 0 aliphatic heterocycles. The molecule has 1 amide bonds. The summed E-state index contributed by atoms with van der Waals surface area (Å²) in [4.78, 5) is 26.7. The highest BCUT2D eigenvalue weighted by atomic mass is 16.1. The number of rotatable bonds is 5. The second-order valence-corrected chi connectivity index (χ2v) is 5.74. The number of carbonyl (C=O) groups excluding carboxylic acids is 1. The first-order valence-corrected chi connectivity index (χ1v) is 7.48. The van der Waals surface area contributed by atoms with E-state index in [2.05, 4.69) is 10.3 Å². The zero-order valence-electron chi connectivity index (χ0n) is 13.3. The highest BCUT2D eigenvalue weighted by molar-refractivity contribution is 5.76. The molecule has 0 unspecified atom stereocenters. The van der Waals surface area contributed by atoms with Crippen molar-refractivity contribution in [3.8, 4) is 0 Å². The summed E-state index contributed by atoms with van der Waals surface area (Å²) in [6.07, 6.45) is 0.410. The van der Waals surface area contributed by atoms with Gasteiger partial charge in [-0.2, -0.15) is 0 Å². The second kappa shape index (κ2) is 7.07. The maximum Gasteiger partial charge on any atom is 0.253 e. The fraction of sp³-hybridized carbons (Fsp3) is 0.333. The van der Waals surface area contributed by atoms with Crippen LogP contribution >= 0.6 is 0 Å². The van der Waals surface area contributed by atoms with Gasteiger partial charge in [0.1, 0.15) is 0 Å². The first-order chi connectivity index (χ1) is 10.5. The number of hydrogen-bond acceptors (Lipinski definition) is 2. The van der Waals surface area contributed by atoms with Gasteiger partial charge >= 0.3 is 0 Å². The van der Waals surface area contributed by atoms with Gasteiger partial charge in [0, 0.05) is 24.2 Å². The Kier molecular flexibility index (Phi) is 5.15. The summed E-state index contributed by atoms with van der Waals surface area (Å²) in [5.74, 6) is 0.106. The largest absolute Gasteiger partial charge is 0.352 e. The maximum absolute atomic E-state index is 12.1. The molecule has 2 rings (SSSR count). The predicted molar refractivity (Wildman–Crippen MR) is 87.9 cm³/mol. The van der Waals surface area contributed by atoms with Crippen LogP contribution in [0.15, 0.2) is 41.2 Å². The van der Waals surface area contributed by atoms with E-state index >= 15 is 0 Å². The summed E-state index contributed by atoms with van der Waals surface area (Å²) >= 11 is 0. The molecule has 0 aliphatic carbocycles. The zero-order chi connectivity index (χ0) is 16.1. The summed E-state index contributed by atoms with van der Waals surface area (Å²) in [6.45, 7) is 6.02. The van der Waals surface area contributed by atoms with Crippen LogP contribution in [0.4, 0.5) is 0 Å². The summed E-state index contributed by atoms with van der Waals surface area (Å²) in [5.41, 5.74) is 3.36. The van der Waals surface area contributed by atoms with Crippen molar-refractivity contribution in [3.05, 3.63) is 69.1 Å². The van der Waals surface area contributed by atoms with Crippen LogP contribution in [0.5, 0.6) is 0 Å². The Morgan fingerprint density at radius 3 is 2.55 bits per heavy atom. The Hall–Kier alpha value is -2.36. The van der Waals surface area contributed by atoms with Crippen molar-refractivity contribution < 1.29 is 4.79 Å². The van der Waals surface area contributed by atoms with Crippen molar-refractivity contribution >= 4 is 5.91 Å². The van der Waals surface area contributed by atoms with E-state index in [1.807, 2.05) is 57.2 Å². The Labute approximate surface area is 130 Å². The van der Waals surface area contributed by atoms with Gasteiger partial charge in [-0.1, -0.05) is 37.3 Å². The van der Waals surface area contributed by atoms with Gasteiger partial charge in [-0.05, 0) is 37.0 Å². The van der Waals surface area contributed by atoms with Gasteiger partial charge in [-0.3, -0.25) is 9.59 Å². The minimum atomic E-state index is -0.131. The van der Waals surface area contributed by atoms with Gasteiger partial charge in [-0.15, -0.1) is 0 Å². The normalized spacial score (nSPS) is 12.0. The number of aromatic nitrogens is 1. The number of amides is 1. The molecule has 4 nitrogen and oxygen atoms in total. The third-order valence-corrected chi connectivity index (χ3v) is 3.82. The van der Waals surface area contributed by atoms with E-state index in [1.54, 1.807) is 0 Å². The van der Waals surface area contributed by atoms with Crippen molar-refractivity contribution in [1.29, 1.82) is 0 Å². The lowest BCUT2D eigenvalue weighted by molar-refractivity contribution is -0.121. The quantitative estimate of drug-likeness (QED) is 0.891.